The highest BCUT2D eigenvalue weighted by Gasteiger charge is 2.12. The summed E-state index contributed by atoms with van der Waals surface area (Å²) in [6.07, 6.45) is 1.44. The van der Waals surface area contributed by atoms with Crippen molar-refractivity contribution in [1.29, 1.82) is 0 Å². The molecule has 0 aliphatic carbocycles. The summed E-state index contributed by atoms with van der Waals surface area (Å²) in [7, 11) is 1.61. The molecule has 7 heteroatoms. The van der Waals surface area contributed by atoms with Crippen LogP contribution in [0.4, 0.5) is 10.2 Å². The van der Waals surface area contributed by atoms with Crippen LogP contribution in [-0.2, 0) is 11.3 Å². The molecule has 0 fully saturated rings. The zero-order valence-electron chi connectivity index (χ0n) is 13.2. The lowest BCUT2D eigenvalue weighted by molar-refractivity contribution is 0.181. The maximum atomic E-state index is 13.8. The lowest BCUT2D eigenvalue weighted by Gasteiger charge is -2.17. The number of nitrogens with one attached hydrogen (secondary N) is 1. The van der Waals surface area contributed by atoms with Gasteiger partial charge in [0.1, 0.15) is 18.0 Å². The first-order valence-corrected chi connectivity index (χ1v) is 7.29. The Kier molecular flexibility index (Phi) is 4.20. The molecule has 2 heterocycles. The number of aryl methyl sites for hydroxylation is 1. The molecule has 0 bridgehead atoms. The normalized spacial score (nSPS) is 12.5. The summed E-state index contributed by atoms with van der Waals surface area (Å²) < 4.78 is 20.5. The molecule has 1 N–H and O–H groups in total. The molecular weight excluding hydrogens is 297 g/mol. The highest BCUT2D eigenvalue weighted by molar-refractivity contribution is 5.46. The Hall–Kier alpha value is -2.54. The van der Waals surface area contributed by atoms with Crippen LogP contribution in [0.5, 0.6) is 0 Å². The highest BCUT2D eigenvalue weighted by Crippen LogP contribution is 2.22. The van der Waals surface area contributed by atoms with Crippen molar-refractivity contribution in [2.45, 2.75) is 26.5 Å². The van der Waals surface area contributed by atoms with Gasteiger partial charge in [-0.05, 0) is 31.0 Å². The molecule has 1 aromatic carbocycles. The van der Waals surface area contributed by atoms with E-state index in [-0.39, 0.29) is 11.9 Å². The van der Waals surface area contributed by atoms with Gasteiger partial charge in [-0.15, -0.1) is 0 Å². The number of rotatable bonds is 5. The van der Waals surface area contributed by atoms with Crippen LogP contribution in [0.3, 0.4) is 0 Å². The van der Waals surface area contributed by atoms with Crippen LogP contribution in [-0.4, -0.2) is 26.7 Å². The van der Waals surface area contributed by atoms with Gasteiger partial charge in [-0.25, -0.2) is 9.37 Å². The van der Waals surface area contributed by atoms with Gasteiger partial charge >= 0.3 is 0 Å². The highest BCUT2D eigenvalue weighted by atomic mass is 19.1. The molecule has 120 valence electrons. The van der Waals surface area contributed by atoms with Crippen LogP contribution in [0.2, 0.25) is 0 Å². The fraction of sp³-hybridized carbons (Fsp3) is 0.312. The smallest absolute Gasteiger partial charge is 0.254 e. The standard InChI is InChI=1S/C16H18FN5O/c1-10-4-5-12(6-14(10)17)11(2)20-15-7-13(8-23-3)21-16-18-9-19-22(15)16/h4-7,9,11,20H,8H2,1-3H3. The molecule has 6 nitrogen and oxygen atoms in total. The van der Waals surface area contributed by atoms with Crippen molar-refractivity contribution in [2.75, 3.05) is 12.4 Å². The Bertz CT molecular complexity index is 832. The molecule has 0 aliphatic rings. The Morgan fingerprint density at radius 3 is 2.91 bits per heavy atom. The Morgan fingerprint density at radius 2 is 2.17 bits per heavy atom. The third-order valence-corrected chi connectivity index (χ3v) is 3.66. The molecule has 1 atom stereocenters. The molecule has 3 rings (SSSR count). The van der Waals surface area contributed by atoms with E-state index in [1.807, 2.05) is 19.1 Å². The second-order valence-electron chi connectivity index (χ2n) is 5.41. The molecule has 0 amide bonds. The Balaban J connectivity index is 1.93. The van der Waals surface area contributed by atoms with Crippen molar-refractivity contribution >= 4 is 11.6 Å². The van der Waals surface area contributed by atoms with E-state index >= 15 is 0 Å². The van der Waals surface area contributed by atoms with Crippen LogP contribution in [0.25, 0.3) is 5.78 Å². The predicted molar refractivity (Wildman–Crippen MR) is 84.7 cm³/mol. The molecule has 0 radical (unpaired) electrons. The number of hydrogen-bond donors (Lipinski definition) is 1. The van der Waals surface area contributed by atoms with Crippen LogP contribution >= 0.6 is 0 Å². The van der Waals surface area contributed by atoms with Gasteiger partial charge in [-0.2, -0.15) is 14.6 Å². The second-order valence-corrected chi connectivity index (χ2v) is 5.41. The molecule has 0 aliphatic heterocycles. The Labute approximate surface area is 133 Å². The van der Waals surface area contributed by atoms with E-state index < -0.39 is 0 Å². The van der Waals surface area contributed by atoms with Crippen LogP contribution in [0, 0.1) is 12.7 Å². The fourth-order valence-corrected chi connectivity index (χ4v) is 2.37. The number of hydrogen-bond acceptors (Lipinski definition) is 5. The third-order valence-electron chi connectivity index (χ3n) is 3.66. The average Bonchev–Trinajstić information content (AvgIpc) is 2.99. The topological polar surface area (TPSA) is 64.3 Å². The van der Waals surface area contributed by atoms with Gasteiger partial charge in [-0.1, -0.05) is 12.1 Å². The quantitative estimate of drug-likeness (QED) is 0.784. The summed E-state index contributed by atoms with van der Waals surface area (Å²) >= 11 is 0. The van der Waals surface area contributed by atoms with Crippen molar-refractivity contribution in [3.05, 3.63) is 53.2 Å². The summed E-state index contributed by atoms with van der Waals surface area (Å²) in [6.45, 7) is 4.09. The third kappa shape index (κ3) is 3.14. The van der Waals surface area contributed by atoms with Crippen LogP contribution in [0.15, 0.2) is 30.6 Å². The molecule has 2 aromatic heterocycles. The van der Waals surface area contributed by atoms with Gasteiger partial charge < -0.3 is 10.1 Å². The van der Waals surface area contributed by atoms with Gasteiger partial charge in [0.15, 0.2) is 0 Å². The van der Waals surface area contributed by atoms with Crippen molar-refractivity contribution in [3.63, 3.8) is 0 Å². The number of aromatic nitrogens is 4. The van der Waals surface area contributed by atoms with E-state index in [9.17, 15) is 4.39 Å². The SMILES string of the molecule is COCc1cc(NC(C)c2ccc(C)c(F)c2)n2ncnc2n1. The zero-order chi connectivity index (χ0) is 16.4. The van der Waals surface area contributed by atoms with E-state index in [0.717, 1.165) is 17.1 Å². The molecule has 3 aromatic rings. The average molecular weight is 315 g/mol. The lowest BCUT2D eigenvalue weighted by Crippen LogP contribution is -2.12. The second kappa shape index (κ2) is 6.29. The number of halogens is 1. The summed E-state index contributed by atoms with van der Waals surface area (Å²) in [5, 5.41) is 7.49. The maximum absolute atomic E-state index is 13.8. The van der Waals surface area contributed by atoms with Gasteiger partial charge in [0.05, 0.1) is 18.3 Å². The van der Waals surface area contributed by atoms with E-state index in [2.05, 4.69) is 20.4 Å². The predicted octanol–water partition coefficient (Wildman–Crippen LogP) is 2.89. The number of benzene rings is 1. The monoisotopic (exact) mass is 315 g/mol. The molecule has 23 heavy (non-hydrogen) atoms. The van der Waals surface area contributed by atoms with E-state index in [0.29, 0.717) is 17.9 Å². The number of fused-ring (bicyclic) bond motifs is 1. The molecule has 0 saturated heterocycles. The minimum Gasteiger partial charge on any atom is -0.378 e. The summed E-state index contributed by atoms with van der Waals surface area (Å²) in [4.78, 5) is 8.47. The largest absolute Gasteiger partial charge is 0.378 e. The fourth-order valence-electron chi connectivity index (χ4n) is 2.37. The lowest BCUT2D eigenvalue weighted by atomic mass is 10.1. The van der Waals surface area contributed by atoms with Crippen molar-refractivity contribution in [3.8, 4) is 0 Å². The van der Waals surface area contributed by atoms with Crippen molar-refractivity contribution < 1.29 is 9.13 Å². The molecule has 0 saturated carbocycles. The van der Waals surface area contributed by atoms with E-state index in [1.54, 1.807) is 30.7 Å². The van der Waals surface area contributed by atoms with Gasteiger partial charge in [0.25, 0.3) is 5.78 Å². The molecule has 0 spiro atoms. The summed E-state index contributed by atoms with van der Waals surface area (Å²) in [6, 6.07) is 6.98. The minimum absolute atomic E-state index is 0.102. The maximum Gasteiger partial charge on any atom is 0.254 e. The van der Waals surface area contributed by atoms with E-state index in [4.69, 9.17) is 4.74 Å². The van der Waals surface area contributed by atoms with E-state index in [1.165, 1.54) is 6.33 Å². The van der Waals surface area contributed by atoms with Gasteiger partial charge in [0, 0.05) is 13.2 Å². The first-order valence-electron chi connectivity index (χ1n) is 7.29. The van der Waals surface area contributed by atoms with Crippen LogP contribution in [0.1, 0.15) is 29.8 Å². The number of ether oxygens (including phenoxy) is 1. The minimum atomic E-state index is -0.211. The first-order chi connectivity index (χ1) is 11.1. The van der Waals surface area contributed by atoms with Gasteiger partial charge in [0.2, 0.25) is 0 Å². The number of anilines is 1. The van der Waals surface area contributed by atoms with Crippen molar-refractivity contribution in [1.82, 2.24) is 19.6 Å². The Morgan fingerprint density at radius 1 is 1.35 bits per heavy atom. The first kappa shape index (κ1) is 15.4. The summed E-state index contributed by atoms with van der Waals surface area (Å²) in [5.74, 6) is 1.01. The van der Waals surface area contributed by atoms with Crippen LogP contribution < -0.4 is 5.32 Å². The van der Waals surface area contributed by atoms with Gasteiger partial charge in [-0.3, -0.25) is 0 Å². The van der Waals surface area contributed by atoms with Crippen molar-refractivity contribution in [2.24, 2.45) is 0 Å². The number of nitrogens with zero attached hydrogens (tertiary/aromatic N) is 4. The summed E-state index contributed by atoms with van der Waals surface area (Å²) in [5.41, 5.74) is 2.23. The number of methoxy groups -OCH3 is 1. The molecular formula is C16H18FN5O. The molecule has 1 unspecified atom stereocenters. The zero-order valence-corrected chi connectivity index (χ0v) is 13.2.